The van der Waals surface area contributed by atoms with Crippen LogP contribution in [0.25, 0.3) is 0 Å². The highest BCUT2D eigenvalue weighted by molar-refractivity contribution is 7.89. The summed E-state index contributed by atoms with van der Waals surface area (Å²) in [6, 6.07) is 0. The summed E-state index contributed by atoms with van der Waals surface area (Å²) < 4.78 is 32.1. The van der Waals surface area contributed by atoms with Gasteiger partial charge in [0.25, 0.3) is 0 Å². The molecule has 8 heteroatoms. The molecule has 1 amide bonds. The Morgan fingerprint density at radius 2 is 1.77 bits per heavy atom. The molecule has 1 saturated carbocycles. The molecule has 2 aliphatic rings. The largest absolute Gasteiger partial charge is 0.360 e. The van der Waals surface area contributed by atoms with E-state index in [1.807, 2.05) is 4.90 Å². The van der Waals surface area contributed by atoms with Crippen LogP contribution in [0.1, 0.15) is 56.4 Å². The second-order valence-corrected chi connectivity index (χ2v) is 9.36. The molecule has 2 fully saturated rings. The van der Waals surface area contributed by atoms with E-state index in [0.717, 1.165) is 6.42 Å². The third-order valence-electron chi connectivity index (χ3n) is 5.65. The minimum absolute atomic E-state index is 0.157. The lowest BCUT2D eigenvalue weighted by molar-refractivity contribution is -0.132. The molecule has 0 radical (unpaired) electrons. The molecule has 0 bridgehead atoms. The molecule has 1 aromatic rings. The molecule has 7 nitrogen and oxygen atoms in total. The van der Waals surface area contributed by atoms with Crippen molar-refractivity contribution in [2.24, 2.45) is 5.92 Å². The third-order valence-corrected chi connectivity index (χ3v) is 7.79. The first kappa shape index (κ1) is 19.4. The van der Waals surface area contributed by atoms with Crippen LogP contribution < -0.4 is 0 Å². The maximum absolute atomic E-state index is 12.8. The van der Waals surface area contributed by atoms with Gasteiger partial charge in [-0.1, -0.05) is 37.3 Å². The number of amides is 1. The molecule has 3 rings (SSSR count). The zero-order valence-corrected chi connectivity index (χ0v) is 16.6. The maximum atomic E-state index is 12.8. The van der Waals surface area contributed by atoms with Crippen LogP contribution in [-0.4, -0.2) is 54.9 Å². The van der Waals surface area contributed by atoms with Crippen LogP contribution in [0.4, 0.5) is 0 Å². The molecule has 0 aromatic carbocycles. The molecule has 0 unspecified atom stereocenters. The number of carbonyl (C=O) groups excluding carboxylic acids is 1. The molecular formula is C18H29N3O4S. The highest BCUT2D eigenvalue weighted by Crippen LogP contribution is 2.28. The van der Waals surface area contributed by atoms with Crippen molar-refractivity contribution >= 4 is 15.9 Å². The van der Waals surface area contributed by atoms with Gasteiger partial charge in [0.15, 0.2) is 5.76 Å². The number of carbonyl (C=O) groups is 1. The van der Waals surface area contributed by atoms with Crippen LogP contribution in [-0.2, 0) is 14.8 Å². The summed E-state index contributed by atoms with van der Waals surface area (Å²) >= 11 is 0. The van der Waals surface area contributed by atoms with E-state index in [1.165, 1.54) is 36.4 Å². The summed E-state index contributed by atoms with van der Waals surface area (Å²) in [7, 11) is -3.62. The minimum Gasteiger partial charge on any atom is -0.360 e. The Kier molecular flexibility index (Phi) is 6.02. The van der Waals surface area contributed by atoms with Crippen LogP contribution in [0.3, 0.4) is 0 Å². The van der Waals surface area contributed by atoms with Gasteiger partial charge in [-0.15, -0.1) is 0 Å². The van der Waals surface area contributed by atoms with Crippen LogP contribution in [0.15, 0.2) is 9.42 Å². The van der Waals surface area contributed by atoms with Gasteiger partial charge in [-0.3, -0.25) is 4.79 Å². The quantitative estimate of drug-likeness (QED) is 0.780. The van der Waals surface area contributed by atoms with Crippen LogP contribution in [0.2, 0.25) is 0 Å². The molecular weight excluding hydrogens is 354 g/mol. The monoisotopic (exact) mass is 383 g/mol. The van der Waals surface area contributed by atoms with E-state index in [-0.39, 0.29) is 10.8 Å². The van der Waals surface area contributed by atoms with Gasteiger partial charge in [0, 0.05) is 32.6 Å². The van der Waals surface area contributed by atoms with Gasteiger partial charge in [0.1, 0.15) is 10.6 Å². The van der Waals surface area contributed by atoms with E-state index in [1.54, 1.807) is 13.8 Å². The molecule has 0 N–H and O–H groups in total. The zero-order valence-electron chi connectivity index (χ0n) is 15.7. The lowest BCUT2D eigenvalue weighted by Gasteiger charge is -2.34. The number of hydrogen-bond acceptors (Lipinski definition) is 5. The summed E-state index contributed by atoms with van der Waals surface area (Å²) in [5.41, 5.74) is 0.383. The zero-order chi connectivity index (χ0) is 18.7. The number of rotatable bonds is 5. The SMILES string of the molecule is Cc1noc(C)c1S(=O)(=O)N1CCN(C(=O)CCC2CCCCC2)CC1. The smallest absolute Gasteiger partial charge is 0.248 e. The summed E-state index contributed by atoms with van der Waals surface area (Å²) in [6.07, 6.45) is 7.95. The molecule has 1 aliphatic heterocycles. The van der Waals surface area contributed by atoms with Crippen LogP contribution in [0.5, 0.6) is 0 Å². The first-order chi connectivity index (χ1) is 12.4. The first-order valence-corrected chi connectivity index (χ1v) is 11.0. The van der Waals surface area contributed by atoms with Gasteiger partial charge in [-0.2, -0.15) is 4.31 Å². The van der Waals surface area contributed by atoms with Crippen molar-refractivity contribution < 1.29 is 17.7 Å². The Hall–Kier alpha value is -1.41. The van der Waals surface area contributed by atoms with Gasteiger partial charge >= 0.3 is 0 Å². The van der Waals surface area contributed by atoms with E-state index < -0.39 is 10.0 Å². The molecule has 0 atom stereocenters. The van der Waals surface area contributed by atoms with E-state index in [2.05, 4.69) is 5.16 Å². The number of sulfonamides is 1. The average molecular weight is 384 g/mol. The van der Waals surface area contributed by atoms with Gasteiger partial charge in [-0.05, 0) is 26.2 Å². The molecule has 0 spiro atoms. The minimum atomic E-state index is -3.62. The predicted octanol–water partition coefficient (Wildman–Crippen LogP) is 2.48. The standard InChI is InChI=1S/C18H29N3O4S/c1-14-18(15(2)25-19-14)26(23,24)21-12-10-20(11-13-21)17(22)9-8-16-6-4-3-5-7-16/h16H,3-13H2,1-2H3. The highest BCUT2D eigenvalue weighted by Gasteiger charge is 2.34. The fraction of sp³-hybridized carbons (Fsp3) is 0.778. The van der Waals surface area contributed by atoms with Gasteiger partial charge in [-0.25, -0.2) is 8.42 Å². The van der Waals surface area contributed by atoms with Crippen LogP contribution in [0, 0.1) is 19.8 Å². The Morgan fingerprint density at radius 1 is 1.12 bits per heavy atom. The Balaban J connectivity index is 1.53. The molecule has 146 valence electrons. The van der Waals surface area contributed by atoms with Crippen molar-refractivity contribution in [2.75, 3.05) is 26.2 Å². The predicted molar refractivity (Wildman–Crippen MR) is 97.1 cm³/mol. The molecule has 1 saturated heterocycles. The average Bonchev–Trinajstić information content (AvgIpc) is 2.99. The molecule has 1 aliphatic carbocycles. The summed E-state index contributed by atoms with van der Waals surface area (Å²) in [6.45, 7) is 4.79. The Morgan fingerprint density at radius 3 is 2.35 bits per heavy atom. The summed E-state index contributed by atoms with van der Waals surface area (Å²) in [5, 5.41) is 3.74. The van der Waals surface area contributed by atoms with Gasteiger partial charge in [0.05, 0.1) is 0 Å². The number of hydrogen-bond donors (Lipinski definition) is 0. The van der Waals surface area contributed by atoms with Crippen molar-refractivity contribution in [1.29, 1.82) is 0 Å². The number of nitrogens with zero attached hydrogens (tertiary/aromatic N) is 3. The highest BCUT2D eigenvalue weighted by atomic mass is 32.2. The summed E-state index contributed by atoms with van der Waals surface area (Å²) in [4.78, 5) is 14.4. The lowest BCUT2D eigenvalue weighted by Crippen LogP contribution is -2.50. The molecule has 1 aromatic heterocycles. The van der Waals surface area contributed by atoms with Gasteiger partial charge < -0.3 is 9.42 Å². The molecule has 2 heterocycles. The third kappa shape index (κ3) is 4.11. The summed E-state index contributed by atoms with van der Waals surface area (Å²) in [5.74, 6) is 1.16. The van der Waals surface area contributed by atoms with Crippen molar-refractivity contribution in [2.45, 2.75) is 63.7 Å². The fourth-order valence-electron chi connectivity index (χ4n) is 4.11. The lowest BCUT2D eigenvalue weighted by atomic mass is 9.86. The fourth-order valence-corrected chi connectivity index (χ4v) is 5.82. The second kappa shape index (κ2) is 8.08. The van der Waals surface area contributed by atoms with E-state index in [4.69, 9.17) is 4.52 Å². The van der Waals surface area contributed by atoms with Crippen LogP contribution >= 0.6 is 0 Å². The first-order valence-electron chi connectivity index (χ1n) is 9.60. The van der Waals surface area contributed by atoms with Crippen molar-refractivity contribution in [1.82, 2.24) is 14.4 Å². The Bertz CT molecular complexity index is 710. The number of aryl methyl sites for hydroxylation is 2. The van der Waals surface area contributed by atoms with E-state index in [0.29, 0.717) is 50.0 Å². The second-order valence-electron chi connectivity index (χ2n) is 7.48. The Labute approximate surface area is 155 Å². The number of piperazine rings is 1. The topological polar surface area (TPSA) is 83.7 Å². The molecule has 26 heavy (non-hydrogen) atoms. The van der Waals surface area contributed by atoms with Gasteiger partial charge in [0.2, 0.25) is 15.9 Å². The number of aromatic nitrogens is 1. The van der Waals surface area contributed by atoms with E-state index >= 15 is 0 Å². The maximum Gasteiger partial charge on any atom is 0.248 e. The normalized spacial score (nSPS) is 20.5. The van der Waals surface area contributed by atoms with Crippen molar-refractivity contribution in [3.63, 3.8) is 0 Å². The van der Waals surface area contributed by atoms with Crippen molar-refractivity contribution in [3.8, 4) is 0 Å². The van der Waals surface area contributed by atoms with E-state index in [9.17, 15) is 13.2 Å². The van der Waals surface area contributed by atoms with Crippen molar-refractivity contribution in [3.05, 3.63) is 11.5 Å².